The predicted molar refractivity (Wildman–Crippen MR) is 69.9 cm³/mol. The van der Waals surface area contributed by atoms with E-state index in [1.54, 1.807) is 18.6 Å². The smallest absolute Gasteiger partial charge is 0.0759 e. The zero-order valence-corrected chi connectivity index (χ0v) is 11.4. The zero-order valence-electron chi connectivity index (χ0n) is 8.27. The van der Waals surface area contributed by atoms with Gasteiger partial charge < -0.3 is 5.73 Å². The Kier molecular flexibility index (Phi) is 3.68. The molecule has 0 aliphatic rings. The van der Waals surface area contributed by atoms with Gasteiger partial charge in [0, 0.05) is 27.5 Å². The van der Waals surface area contributed by atoms with Crippen LogP contribution in [0.25, 0.3) is 0 Å². The Bertz CT molecular complexity index is 488. The first-order chi connectivity index (χ1) is 7.68. The van der Waals surface area contributed by atoms with Gasteiger partial charge in [0.05, 0.1) is 11.7 Å². The first kappa shape index (κ1) is 11.7. The molecule has 2 aromatic heterocycles. The number of rotatable bonds is 2. The fourth-order valence-electron chi connectivity index (χ4n) is 1.37. The molecule has 0 radical (unpaired) electrons. The molecule has 2 rings (SSSR count). The van der Waals surface area contributed by atoms with Gasteiger partial charge in [-0.15, -0.1) is 0 Å². The van der Waals surface area contributed by atoms with Crippen LogP contribution in [0.4, 0.5) is 0 Å². The lowest BCUT2D eigenvalue weighted by Crippen LogP contribution is -2.14. The Morgan fingerprint density at radius 2 is 2.06 bits per heavy atom. The molecule has 0 aromatic carbocycles. The molecule has 0 amide bonds. The zero-order chi connectivity index (χ0) is 11.5. The highest BCUT2D eigenvalue weighted by atomic mass is 79.9. The standard InChI is InChI=1S/C11H9Br2N3/c12-8-4-9(13)11(16-6-8)10(14)7-2-1-3-15-5-7/h1-6,10H,14H2. The Hall–Kier alpha value is -0.780. The Morgan fingerprint density at radius 1 is 1.25 bits per heavy atom. The van der Waals surface area contributed by atoms with Crippen molar-refractivity contribution < 1.29 is 0 Å². The molecule has 0 saturated carbocycles. The number of nitrogens with zero attached hydrogens (tertiary/aromatic N) is 2. The number of halogens is 2. The largest absolute Gasteiger partial charge is 0.319 e. The highest BCUT2D eigenvalue weighted by molar-refractivity contribution is 9.11. The summed E-state index contributed by atoms with van der Waals surface area (Å²) < 4.78 is 1.81. The molecule has 2 N–H and O–H groups in total. The van der Waals surface area contributed by atoms with Crippen LogP contribution >= 0.6 is 31.9 Å². The number of hydrogen-bond donors (Lipinski definition) is 1. The highest BCUT2D eigenvalue weighted by Crippen LogP contribution is 2.26. The monoisotopic (exact) mass is 341 g/mol. The van der Waals surface area contributed by atoms with Crippen molar-refractivity contribution in [2.24, 2.45) is 5.73 Å². The molecular formula is C11H9Br2N3. The molecule has 1 unspecified atom stereocenters. The van der Waals surface area contributed by atoms with Crippen LogP contribution in [0.2, 0.25) is 0 Å². The number of hydrogen-bond acceptors (Lipinski definition) is 3. The third kappa shape index (κ3) is 2.48. The van der Waals surface area contributed by atoms with Crippen LogP contribution in [-0.4, -0.2) is 9.97 Å². The summed E-state index contributed by atoms with van der Waals surface area (Å²) >= 11 is 6.81. The average molecular weight is 343 g/mol. The normalized spacial score (nSPS) is 12.4. The second kappa shape index (κ2) is 5.03. The molecule has 0 fully saturated rings. The minimum Gasteiger partial charge on any atom is -0.319 e. The predicted octanol–water partition coefficient (Wildman–Crippen LogP) is 3.05. The number of aromatic nitrogens is 2. The lowest BCUT2D eigenvalue weighted by atomic mass is 10.1. The van der Waals surface area contributed by atoms with E-state index >= 15 is 0 Å². The molecule has 1 atom stereocenters. The quantitative estimate of drug-likeness (QED) is 0.912. The van der Waals surface area contributed by atoms with Gasteiger partial charge >= 0.3 is 0 Å². The van der Waals surface area contributed by atoms with E-state index in [1.807, 2.05) is 18.2 Å². The third-order valence-corrected chi connectivity index (χ3v) is 3.24. The maximum Gasteiger partial charge on any atom is 0.0759 e. The first-order valence-electron chi connectivity index (χ1n) is 4.65. The van der Waals surface area contributed by atoms with E-state index < -0.39 is 0 Å². The molecule has 0 spiro atoms. The molecule has 0 bridgehead atoms. The molecule has 3 nitrogen and oxygen atoms in total. The van der Waals surface area contributed by atoms with E-state index in [9.17, 15) is 0 Å². The molecule has 5 heteroatoms. The van der Waals surface area contributed by atoms with Gasteiger partial charge in [0.25, 0.3) is 0 Å². The second-order valence-electron chi connectivity index (χ2n) is 3.28. The fraction of sp³-hybridized carbons (Fsp3) is 0.0909. The van der Waals surface area contributed by atoms with Gasteiger partial charge in [-0.25, -0.2) is 0 Å². The topological polar surface area (TPSA) is 51.8 Å². The summed E-state index contributed by atoms with van der Waals surface area (Å²) in [6.07, 6.45) is 5.21. The first-order valence-corrected chi connectivity index (χ1v) is 6.23. The van der Waals surface area contributed by atoms with Crippen LogP contribution in [-0.2, 0) is 0 Å². The van der Waals surface area contributed by atoms with Crippen molar-refractivity contribution in [3.8, 4) is 0 Å². The molecule has 0 aliphatic carbocycles. The minimum absolute atomic E-state index is 0.267. The van der Waals surface area contributed by atoms with Crippen molar-refractivity contribution in [2.45, 2.75) is 6.04 Å². The van der Waals surface area contributed by atoms with Crippen molar-refractivity contribution in [2.75, 3.05) is 0 Å². The summed E-state index contributed by atoms with van der Waals surface area (Å²) in [5, 5.41) is 0. The molecular weight excluding hydrogens is 334 g/mol. The molecule has 82 valence electrons. The SMILES string of the molecule is NC(c1cccnc1)c1ncc(Br)cc1Br. The Labute approximate surface area is 110 Å². The maximum absolute atomic E-state index is 6.12. The van der Waals surface area contributed by atoms with Gasteiger partial charge in [-0.2, -0.15) is 0 Å². The van der Waals surface area contributed by atoms with E-state index in [0.29, 0.717) is 0 Å². The van der Waals surface area contributed by atoms with Crippen LogP contribution < -0.4 is 5.73 Å². The van der Waals surface area contributed by atoms with Gasteiger partial charge in [0.1, 0.15) is 0 Å². The third-order valence-electron chi connectivity index (χ3n) is 2.17. The van der Waals surface area contributed by atoms with Crippen LogP contribution in [0.5, 0.6) is 0 Å². The molecule has 2 heterocycles. The molecule has 0 aliphatic heterocycles. The van der Waals surface area contributed by atoms with E-state index in [0.717, 1.165) is 20.2 Å². The molecule has 2 aromatic rings. The van der Waals surface area contributed by atoms with Gasteiger partial charge in [-0.1, -0.05) is 6.07 Å². The van der Waals surface area contributed by atoms with Crippen molar-refractivity contribution in [1.29, 1.82) is 0 Å². The van der Waals surface area contributed by atoms with Gasteiger partial charge in [0.15, 0.2) is 0 Å². The highest BCUT2D eigenvalue weighted by Gasteiger charge is 2.13. The summed E-state index contributed by atoms with van der Waals surface area (Å²) in [6, 6.07) is 5.46. The Morgan fingerprint density at radius 3 is 2.69 bits per heavy atom. The van der Waals surface area contributed by atoms with Crippen molar-refractivity contribution in [1.82, 2.24) is 9.97 Å². The number of pyridine rings is 2. The van der Waals surface area contributed by atoms with E-state index in [-0.39, 0.29) is 6.04 Å². The van der Waals surface area contributed by atoms with Crippen LogP contribution in [0.15, 0.2) is 45.7 Å². The van der Waals surface area contributed by atoms with E-state index in [2.05, 4.69) is 41.8 Å². The lowest BCUT2D eigenvalue weighted by Gasteiger charge is -2.12. The lowest BCUT2D eigenvalue weighted by molar-refractivity contribution is 0.815. The van der Waals surface area contributed by atoms with Crippen LogP contribution in [0.1, 0.15) is 17.3 Å². The summed E-state index contributed by atoms with van der Waals surface area (Å²) in [4.78, 5) is 8.35. The van der Waals surface area contributed by atoms with Crippen LogP contribution in [0.3, 0.4) is 0 Å². The molecule has 0 saturated heterocycles. The summed E-state index contributed by atoms with van der Waals surface area (Å²) in [6.45, 7) is 0. The fourth-order valence-corrected chi connectivity index (χ4v) is 2.61. The van der Waals surface area contributed by atoms with Crippen molar-refractivity contribution in [3.05, 3.63) is 57.0 Å². The molecule has 16 heavy (non-hydrogen) atoms. The summed E-state index contributed by atoms with van der Waals surface area (Å²) in [5.74, 6) is 0. The average Bonchev–Trinajstić information content (AvgIpc) is 2.29. The van der Waals surface area contributed by atoms with Gasteiger partial charge in [-0.3, -0.25) is 9.97 Å². The second-order valence-corrected chi connectivity index (χ2v) is 5.05. The minimum atomic E-state index is -0.267. The number of nitrogens with two attached hydrogens (primary N) is 1. The van der Waals surface area contributed by atoms with Crippen molar-refractivity contribution in [3.63, 3.8) is 0 Å². The van der Waals surface area contributed by atoms with Gasteiger partial charge in [0.2, 0.25) is 0 Å². The Balaban J connectivity index is 2.38. The summed E-state index contributed by atoms with van der Waals surface area (Å²) in [7, 11) is 0. The maximum atomic E-state index is 6.12. The van der Waals surface area contributed by atoms with E-state index in [1.165, 1.54) is 0 Å². The van der Waals surface area contributed by atoms with Crippen molar-refractivity contribution >= 4 is 31.9 Å². The van der Waals surface area contributed by atoms with Crippen LogP contribution in [0, 0.1) is 0 Å². The summed E-state index contributed by atoms with van der Waals surface area (Å²) in [5.41, 5.74) is 7.86. The van der Waals surface area contributed by atoms with Gasteiger partial charge in [-0.05, 0) is 49.6 Å². The van der Waals surface area contributed by atoms with E-state index in [4.69, 9.17) is 5.73 Å².